The molecule has 0 aliphatic carbocycles. The van der Waals surface area contributed by atoms with E-state index in [4.69, 9.17) is 4.52 Å². The SMILES string of the molecule is O=S1(=O)CCC(NCc2nc(Cc3cccs3)no2)C1. The molecule has 8 heteroatoms. The lowest BCUT2D eigenvalue weighted by Gasteiger charge is -2.07. The fourth-order valence-electron chi connectivity index (χ4n) is 2.19. The number of nitrogens with zero attached hydrogens (tertiary/aromatic N) is 2. The van der Waals surface area contributed by atoms with Crippen molar-refractivity contribution in [3.63, 3.8) is 0 Å². The Morgan fingerprint density at radius 1 is 1.50 bits per heavy atom. The first kappa shape index (κ1) is 13.7. The molecule has 1 aliphatic heterocycles. The Kier molecular flexibility index (Phi) is 3.86. The van der Waals surface area contributed by atoms with E-state index in [1.165, 1.54) is 4.88 Å². The van der Waals surface area contributed by atoms with Crippen molar-refractivity contribution in [3.8, 4) is 0 Å². The fraction of sp³-hybridized carbons (Fsp3) is 0.500. The predicted octanol–water partition coefficient (Wildman–Crippen LogP) is 0.999. The monoisotopic (exact) mass is 313 g/mol. The van der Waals surface area contributed by atoms with Gasteiger partial charge in [-0.15, -0.1) is 11.3 Å². The van der Waals surface area contributed by atoms with Crippen LogP contribution in [0.2, 0.25) is 0 Å². The van der Waals surface area contributed by atoms with Crippen molar-refractivity contribution in [2.75, 3.05) is 11.5 Å². The first-order chi connectivity index (χ1) is 9.61. The third-order valence-electron chi connectivity index (χ3n) is 3.20. The van der Waals surface area contributed by atoms with Gasteiger partial charge < -0.3 is 9.84 Å². The van der Waals surface area contributed by atoms with E-state index in [2.05, 4.69) is 15.5 Å². The molecule has 108 valence electrons. The molecule has 0 aromatic carbocycles. The largest absolute Gasteiger partial charge is 0.338 e. The van der Waals surface area contributed by atoms with Crippen molar-refractivity contribution in [2.24, 2.45) is 0 Å². The topological polar surface area (TPSA) is 85.1 Å². The van der Waals surface area contributed by atoms with E-state index in [1.807, 2.05) is 17.5 Å². The Morgan fingerprint density at radius 3 is 3.10 bits per heavy atom. The summed E-state index contributed by atoms with van der Waals surface area (Å²) in [6.07, 6.45) is 1.32. The maximum atomic E-state index is 11.3. The Morgan fingerprint density at radius 2 is 2.40 bits per heavy atom. The second-order valence-corrected chi connectivity index (χ2v) is 8.10. The van der Waals surface area contributed by atoms with Crippen LogP contribution in [0.25, 0.3) is 0 Å². The van der Waals surface area contributed by atoms with Gasteiger partial charge in [-0.1, -0.05) is 11.2 Å². The van der Waals surface area contributed by atoms with Gasteiger partial charge in [-0.2, -0.15) is 4.98 Å². The van der Waals surface area contributed by atoms with Crippen molar-refractivity contribution in [1.29, 1.82) is 0 Å². The second kappa shape index (κ2) is 5.63. The molecular formula is C12H15N3O3S2. The van der Waals surface area contributed by atoms with Crippen molar-refractivity contribution in [1.82, 2.24) is 15.5 Å². The molecule has 20 heavy (non-hydrogen) atoms. The van der Waals surface area contributed by atoms with Gasteiger partial charge in [0, 0.05) is 17.3 Å². The standard InChI is InChI=1S/C12H15N3O3S2/c16-20(17)5-3-9(8-20)13-7-12-14-11(15-18-12)6-10-2-1-4-19-10/h1-2,4,9,13H,3,5-8H2. The lowest BCUT2D eigenvalue weighted by Crippen LogP contribution is -2.29. The van der Waals surface area contributed by atoms with Gasteiger partial charge in [-0.05, 0) is 17.9 Å². The van der Waals surface area contributed by atoms with Gasteiger partial charge in [0.05, 0.1) is 18.1 Å². The Hall–Kier alpha value is -1.25. The van der Waals surface area contributed by atoms with E-state index in [0.717, 1.165) is 0 Å². The van der Waals surface area contributed by atoms with E-state index < -0.39 is 9.84 Å². The molecule has 1 atom stereocenters. The Bertz CT molecular complexity index is 664. The van der Waals surface area contributed by atoms with E-state index in [0.29, 0.717) is 31.1 Å². The van der Waals surface area contributed by atoms with Crippen LogP contribution in [0.3, 0.4) is 0 Å². The highest BCUT2D eigenvalue weighted by Gasteiger charge is 2.27. The van der Waals surface area contributed by atoms with Crippen LogP contribution in [-0.4, -0.2) is 36.1 Å². The lowest BCUT2D eigenvalue weighted by atomic mass is 10.2. The van der Waals surface area contributed by atoms with Crippen LogP contribution in [0.1, 0.15) is 23.0 Å². The number of thiophene rings is 1. The normalized spacial score (nSPS) is 21.3. The zero-order valence-corrected chi connectivity index (χ0v) is 12.4. The highest BCUT2D eigenvalue weighted by Crippen LogP contribution is 2.14. The molecule has 6 nitrogen and oxygen atoms in total. The minimum Gasteiger partial charge on any atom is -0.338 e. The number of hydrogen-bond acceptors (Lipinski definition) is 7. The summed E-state index contributed by atoms with van der Waals surface area (Å²) in [6.45, 7) is 0.414. The number of aromatic nitrogens is 2. The molecule has 0 spiro atoms. The van der Waals surface area contributed by atoms with Crippen LogP contribution >= 0.6 is 11.3 Å². The quantitative estimate of drug-likeness (QED) is 0.886. The first-order valence-corrected chi connectivity index (χ1v) is 9.08. The first-order valence-electron chi connectivity index (χ1n) is 6.38. The van der Waals surface area contributed by atoms with E-state index in [1.54, 1.807) is 11.3 Å². The fourth-order valence-corrected chi connectivity index (χ4v) is 4.60. The van der Waals surface area contributed by atoms with Crippen molar-refractivity contribution < 1.29 is 12.9 Å². The summed E-state index contributed by atoms with van der Waals surface area (Å²) in [6, 6.07) is 4.01. The zero-order chi connectivity index (χ0) is 14.0. The Balaban J connectivity index is 1.53. The predicted molar refractivity (Wildman–Crippen MR) is 75.3 cm³/mol. The molecule has 0 amide bonds. The summed E-state index contributed by atoms with van der Waals surface area (Å²) in [4.78, 5) is 5.49. The average Bonchev–Trinajstić information content (AvgIpc) is 3.10. The van der Waals surface area contributed by atoms with Crippen LogP contribution < -0.4 is 5.32 Å². The highest BCUT2D eigenvalue weighted by atomic mass is 32.2. The van der Waals surface area contributed by atoms with Crippen LogP contribution in [0.4, 0.5) is 0 Å². The molecule has 1 fully saturated rings. The molecule has 0 radical (unpaired) electrons. The minimum atomic E-state index is -2.86. The molecule has 3 rings (SSSR count). The molecule has 2 aromatic heterocycles. The number of rotatable bonds is 5. The highest BCUT2D eigenvalue weighted by molar-refractivity contribution is 7.91. The van der Waals surface area contributed by atoms with E-state index in [-0.39, 0.29) is 17.5 Å². The molecular weight excluding hydrogens is 298 g/mol. The Labute approximate surface area is 121 Å². The lowest BCUT2D eigenvalue weighted by molar-refractivity contribution is 0.356. The average molecular weight is 313 g/mol. The molecule has 1 aliphatic rings. The zero-order valence-electron chi connectivity index (χ0n) is 10.8. The number of hydrogen-bond donors (Lipinski definition) is 1. The van der Waals surface area contributed by atoms with Crippen molar-refractivity contribution in [2.45, 2.75) is 25.4 Å². The van der Waals surface area contributed by atoms with E-state index >= 15 is 0 Å². The molecule has 0 bridgehead atoms. The molecule has 0 saturated carbocycles. The van der Waals surface area contributed by atoms with Crippen LogP contribution in [0.5, 0.6) is 0 Å². The van der Waals surface area contributed by atoms with Crippen LogP contribution in [0, 0.1) is 0 Å². The van der Waals surface area contributed by atoms with Crippen LogP contribution in [-0.2, 0) is 22.8 Å². The number of nitrogens with one attached hydrogen (secondary N) is 1. The summed E-state index contributed by atoms with van der Waals surface area (Å²) in [5.41, 5.74) is 0. The summed E-state index contributed by atoms with van der Waals surface area (Å²) in [5, 5.41) is 9.09. The van der Waals surface area contributed by atoms with Crippen molar-refractivity contribution >= 4 is 21.2 Å². The summed E-state index contributed by atoms with van der Waals surface area (Å²) in [7, 11) is -2.86. The van der Waals surface area contributed by atoms with Crippen LogP contribution in [0.15, 0.2) is 22.0 Å². The molecule has 1 unspecified atom stereocenters. The smallest absolute Gasteiger partial charge is 0.240 e. The van der Waals surface area contributed by atoms with E-state index in [9.17, 15) is 8.42 Å². The third-order valence-corrected chi connectivity index (χ3v) is 5.84. The maximum absolute atomic E-state index is 11.3. The van der Waals surface area contributed by atoms with Gasteiger partial charge in [-0.3, -0.25) is 0 Å². The third kappa shape index (κ3) is 3.44. The summed E-state index contributed by atoms with van der Waals surface area (Å²) in [5.74, 6) is 1.62. The second-order valence-electron chi connectivity index (χ2n) is 4.84. The van der Waals surface area contributed by atoms with Gasteiger partial charge in [0.2, 0.25) is 5.89 Å². The van der Waals surface area contributed by atoms with Gasteiger partial charge in [-0.25, -0.2) is 8.42 Å². The van der Waals surface area contributed by atoms with Gasteiger partial charge in [0.1, 0.15) is 0 Å². The van der Waals surface area contributed by atoms with Crippen molar-refractivity contribution in [3.05, 3.63) is 34.1 Å². The minimum absolute atomic E-state index is 0.00681. The maximum Gasteiger partial charge on any atom is 0.240 e. The summed E-state index contributed by atoms with van der Waals surface area (Å²) >= 11 is 1.66. The molecule has 1 N–H and O–H groups in total. The summed E-state index contributed by atoms with van der Waals surface area (Å²) < 4.78 is 27.8. The molecule has 2 aromatic rings. The van der Waals surface area contributed by atoms with Gasteiger partial charge in [0.15, 0.2) is 15.7 Å². The van der Waals surface area contributed by atoms with Gasteiger partial charge >= 0.3 is 0 Å². The van der Waals surface area contributed by atoms with Gasteiger partial charge in [0.25, 0.3) is 0 Å². The molecule has 1 saturated heterocycles. The number of sulfone groups is 1. The molecule has 3 heterocycles.